The van der Waals surface area contributed by atoms with Gasteiger partial charge >= 0.3 is 5.69 Å². The van der Waals surface area contributed by atoms with Gasteiger partial charge in [0.05, 0.1) is 6.54 Å². The van der Waals surface area contributed by atoms with Crippen LogP contribution >= 0.6 is 11.6 Å². The number of rotatable bonds is 5. The van der Waals surface area contributed by atoms with Crippen LogP contribution < -0.4 is 16.0 Å². The third kappa shape index (κ3) is 3.42. The van der Waals surface area contributed by atoms with E-state index in [1.54, 1.807) is 30.1 Å². The summed E-state index contributed by atoms with van der Waals surface area (Å²) in [5.41, 5.74) is 1.28. The summed E-state index contributed by atoms with van der Waals surface area (Å²) in [6, 6.07) is 11.3. The van der Waals surface area contributed by atoms with Gasteiger partial charge in [0, 0.05) is 37.1 Å². The van der Waals surface area contributed by atoms with E-state index < -0.39 is 11.2 Å². The van der Waals surface area contributed by atoms with Gasteiger partial charge in [-0.2, -0.15) is 4.98 Å². The number of fused-ring (bicyclic) bond motifs is 1. The van der Waals surface area contributed by atoms with Crippen LogP contribution in [0.5, 0.6) is 6.01 Å². The van der Waals surface area contributed by atoms with Crippen LogP contribution in [-0.4, -0.2) is 23.7 Å². The second-order valence-electron chi connectivity index (χ2n) is 6.60. The van der Waals surface area contributed by atoms with Crippen molar-refractivity contribution in [2.45, 2.75) is 13.2 Å². The van der Waals surface area contributed by atoms with Crippen molar-refractivity contribution in [3.05, 3.63) is 85.8 Å². The van der Waals surface area contributed by atoms with Crippen molar-refractivity contribution in [1.82, 2.24) is 23.7 Å². The fraction of sp³-hybridized carbons (Fsp3) is 0.200. The van der Waals surface area contributed by atoms with Crippen LogP contribution in [0.25, 0.3) is 11.2 Å². The molecule has 0 radical (unpaired) electrons. The fourth-order valence-corrected chi connectivity index (χ4v) is 3.31. The van der Waals surface area contributed by atoms with Gasteiger partial charge in [0.15, 0.2) is 11.2 Å². The number of imidazole rings is 1. The molecule has 3 aromatic heterocycles. The molecule has 3 heterocycles. The van der Waals surface area contributed by atoms with E-state index in [4.69, 9.17) is 16.3 Å². The Morgan fingerprint density at radius 3 is 2.59 bits per heavy atom. The summed E-state index contributed by atoms with van der Waals surface area (Å²) in [4.78, 5) is 33.7. The number of hydrogen-bond acceptors (Lipinski definition) is 5. The molecular formula is C20H18ClN5O3. The van der Waals surface area contributed by atoms with Gasteiger partial charge < -0.3 is 4.74 Å². The zero-order valence-corrected chi connectivity index (χ0v) is 16.6. The fourth-order valence-electron chi connectivity index (χ4n) is 3.11. The minimum atomic E-state index is -0.455. The maximum Gasteiger partial charge on any atom is 0.332 e. The average molecular weight is 412 g/mol. The van der Waals surface area contributed by atoms with Crippen LogP contribution in [0.3, 0.4) is 0 Å². The Balaban J connectivity index is 1.88. The quantitative estimate of drug-likeness (QED) is 0.502. The molecule has 9 heteroatoms. The van der Waals surface area contributed by atoms with E-state index in [0.717, 1.165) is 15.7 Å². The van der Waals surface area contributed by atoms with Gasteiger partial charge in [-0.1, -0.05) is 35.9 Å². The van der Waals surface area contributed by atoms with E-state index in [1.807, 2.05) is 30.3 Å². The highest BCUT2D eigenvalue weighted by Crippen LogP contribution is 2.23. The molecule has 0 amide bonds. The summed E-state index contributed by atoms with van der Waals surface area (Å²) in [6.45, 7) is 0.486. The summed E-state index contributed by atoms with van der Waals surface area (Å²) in [7, 11) is 3.01. The molecule has 0 saturated heterocycles. The Bertz CT molecular complexity index is 1310. The monoisotopic (exact) mass is 411 g/mol. The summed E-state index contributed by atoms with van der Waals surface area (Å²) < 4.78 is 9.95. The standard InChI is InChI=1S/C20H18ClN5O3/c1-24-17-16(18(27)25(2)20(24)28)26(11-14-7-3-4-8-15(14)21)19(23-17)29-12-13-6-5-9-22-10-13/h3-10H,11-12H2,1-2H3. The molecule has 0 N–H and O–H groups in total. The molecule has 0 aliphatic rings. The van der Waals surface area contributed by atoms with Gasteiger partial charge in [0.1, 0.15) is 6.61 Å². The normalized spacial score (nSPS) is 11.1. The Kier molecular flexibility index (Phi) is 4.94. The molecular weight excluding hydrogens is 394 g/mol. The lowest BCUT2D eigenvalue weighted by Gasteiger charge is -2.11. The SMILES string of the molecule is Cn1c(=O)c2c(nc(OCc3cccnc3)n2Cc2ccccc2Cl)n(C)c1=O. The lowest BCUT2D eigenvalue weighted by molar-refractivity contribution is 0.270. The number of halogens is 1. The first kappa shape index (κ1) is 18.9. The highest BCUT2D eigenvalue weighted by Gasteiger charge is 2.21. The number of aryl methyl sites for hydroxylation is 1. The highest BCUT2D eigenvalue weighted by molar-refractivity contribution is 6.31. The molecule has 4 aromatic rings. The van der Waals surface area contributed by atoms with Gasteiger partial charge in [-0.15, -0.1) is 0 Å². The number of aromatic nitrogens is 5. The minimum Gasteiger partial charge on any atom is -0.460 e. The molecule has 0 unspecified atom stereocenters. The van der Waals surface area contributed by atoms with Crippen molar-refractivity contribution in [3.63, 3.8) is 0 Å². The largest absolute Gasteiger partial charge is 0.460 e. The van der Waals surface area contributed by atoms with Gasteiger partial charge in [0.2, 0.25) is 0 Å². The van der Waals surface area contributed by atoms with Crippen molar-refractivity contribution in [1.29, 1.82) is 0 Å². The molecule has 0 atom stereocenters. The second kappa shape index (κ2) is 7.56. The molecule has 0 fully saturated rings. The van der Waals surface area contributed by atoms with Gasteiger partial charge in [-0.05, 0) is 17.7 Å². The van der Waals surface area contributed by atoms with Crippen molar-refractivity contribution in [3.8, 4) is 6.01 Å². The lowest BCUT2D eigenvalue weighted by atomic mass is 10.2. The van der Waals surface area contributed by atoms with E-state index >= 15 is 0 Å². The topological polar surface area (TPSA) is 83.9 Å². The number of hydrogen-bond donors (Lipinski definition) is 0. The van der Waals surface area contributed by atoms with Gasteiger partial charge in [-0.3, -0.25) is 23.5 Å². The Morgan fingerprint density at radius 1 is 1.07 bits per heavy atom. The van der Waals surface area contributed by atoms with Crippen LogP contribution in [-0.2, 0) is 27.2 Å². The molecule has 4 rings (SSSR count). The van der Waals surface area contributed by atoms with Crippen molar-refractivity contribution in [2.75, 3.05) is 0 Å². The first-order valence-electron chi connectivity index (χ1n) is 8.88. The average Bonchev–Trinajstić information content (AvgIpc) is 3.10. The summed E-state index contributed by atoms with van der Waals surface area (Å²) in [5.74, 6) is 0. The molecule has 0 aliphatic carbocycles. The van der Waals surface area contributed by atoms with Crippen molar-refractivity contribution < 1.29 is 4.74 Å². The summed E-state index contributed by atoms with van der Waals surface area (Å²) in [6.07, 6.45) is 3.37. The number of nitrogens with zero attached hydrogens (tertiary/aromatic N) is 5. The number of ether oxygens (including phenoxy) is 1. The number of benzene rings is 1. The minimum absolute atomic E-state index is 0.216. The number of pyridine rings is 1. The molecule has 1 aromatic carbocycles. The smallest absolute Gasteiger partial charge is 0.332 e. The van der Waals surface area contributed by atoms with Crippen molar-refractivity contribution in [2.24, 2.45) is 14.1 Å². The van der Waals surface area contributed by atoms with E-state index in [9.17, 15) is 9.59 Å². The first-order valence-corrected chi connectivity index (χ1v) is 9.26. The molecule has 0 aliphatic heterocycles. The molecule has 8 nitrogen and oxygen atoms in total. The third-order valence-corrected chi connectivity index (χ3v) is 5.06. The van der Waals surface area contributed by atoms with Crippen LogP contribution in [0, 0.1) is 0 Å². The predicted molar refractivity (Wildman–Crippen MR) is 109 cm³/mol. The Hall–Kier alpha value is -3.39. The van der Waals surface area contributed by atoms with Crippen molar-refractivity contribution >= 4 is 22.8 Å². The van der Waals surface area contributed by atoms with E-state index in [0.29, 0.717) is 5.02 Å². The third-order valence-electron chi connectivity index (χ3n) is 4.69. The molecule has 29 heavy (non-hydrogen) atoms. The molecule has 0 bridgehead atoms. The van der Waals surface area contributed by atoms with E-state index in [2.05, 4.69) is 9.97 Å². The van der Waals surface area contributed by atoms with E-state index in [1.165, 1.54) is 11.6 Å². The van der Waals surface area contributed by atoms with E-state index in [-0.39, 0.29) is 30.3 Å². The molecule has 0 spiro atoms. The van der Waals surface area contributed by atoms with Gasteiger partial charge in [-0.25, -0.2) is 4.79 Å². The van der Waals surface area contributed by atoms with Crippen LogP contribution in [0.1, 0.15) is 11.1 Å². The molecule has 0 saturated carbocycles. The second-order valence-corrected chi connectivity index (χ2v) is 7.01. The maximum absolute atomic E-state index is 12.9. The summed E-state index contributed by atoms with van der Waals surface area (Å²) >= 11 is 6.32. The maximum atomic E-state index is 12.9. The zero-order chi connectivity index (χ0) is 20.5. The summed E-state index contributed by atoms with van der Waals surface area (Å²) in [5, 5.41) is 0.564. The van der Waals surface area contributed by atoms with Crippen LogP contribution in [0.2, 0.25) is 5.02 Å². The predicted octanol–water partition coefficient (Wildman–Crippen LogP) is 2.11. The first-order chi connectivity index (χ1) is 14.0. The lowest BCUT2D eigenvalue weighted by Crippen LogP contribution is -2.37. The highest BCUT2D eigenvalue weighted by atomic mass is 35.5. The van der Waals surface area contributed by atoms with Crippen LogP contribution in [0.4, 0.5) is 0 Å². The Labute approximate surface area is 170 Å². The zero-order valence-electron chi connectivity index (χ0n) is 15.9. The molecule has 148 valence electrons. The Morgan fingerprint density at radius 2 is 1.86 bits per heavy atom. The van der Waals surface area contributed by atoms with Crippen LogP contribution in [0.15, 0.2) is 58.4 Å². The van der Waals surface area contributed by atoms with Gasteiger partial charge in [0.25, 0.3) is 11.6 Å².